The number of ketones is 2. The zero-order valence-corrected chi connectivity index (χ0v) is 27.5. The summed E-state index contributed by atoms with van der Waals surface area (Å²) < 4.78 is 11.6. The van der Waals surface area contributed by atoms with Crippen LogP contribution in [0, 0.1) is 5.92 Å². The average Bonchev–Trinajstić information content (AvgIpc) is 2.91. The fraction of sp³-hybridized carbons (Fsp3) is 0.941. The third-order valence-electron chi connectivity index (χ3n) is 8.25. The highest BCUT2D eigenvalue weighted by molar-refractivity contribution is 7.51. The third kappa shape index (κ3) is 27.6. The summed E-state index contributed by atoms with van der Waals surface area (Å²) in [6.07, 6.45) is 31.6. The van der Waals surface area contributed by atoms with Gasteiger partial charge in [-0.3, -0.25) is 14.2 Å². The summed E-state index contributed by atoms with van der Waals surface area (Å²) in [6.45, 7) is 4.50. The van der Waals surface area contributed by atoms with Gasteiger partial charge in [0.25, 0.3) is 0 Å². The summed E-state index contributed by atoms with van der Waals surface area (Å²) in [6, 6.07) is 0. The lowest BCUT2D eigenvalue weighted by molar-refractivity contribution is -0.132. The molecule has 0 bridgehead atoms. The number of Topliss-reactive ketones (excluding diaryl/α,β-unsaturated/α-hetero) is 2. The molecule has 0 aliphatic carbocycles. The van der Waals surface area contributed by atoms with Crippen molar-refractivity contribution in [1.82, 2.24) is 0 Å². The van der Waals surface area contributed by atoms with Crippen molar-refractivity contribution >= 4 is 19.2 Å². The summed E-state index contributed by atoms with van der Waals surface area (Å²) in [5, 5.41) is 0. The van der Waals surface area contributed by atoms with E-state index in [1.54, 1.807) is 0 Å². The molecule has 0 saturated heterocycles. The van der Waals surface area contributed by atoms with Gasteiger partial charge in [0.05, 0.1) is 12.1 Å². The van der Waals surface area contributed by atoms with Crippen molar-refractivity contribution in [3.05, 3.63) is 0 Å². The van der Waals surface area contributed by atoms with E-state index in [1.165, 1.54) is 128 Å². The van der Waals surface area contributed by atoms with E-state index in [-0.39, 0.29) is 24.4 Å². The van der Waals surface area contributed by atoms with Crippen molar-refractivity contribution in [3.63, 3.8) is 0 Å². The van der Waals surface area contributed by atoms with Gasteiger partial charge in [-0.25, -0.2) is 0 Å². The van der Waals surface area contributed by atoms with Crippen LogP contribution < -0.4 is 0 Å². The lowest BCUT2D eigenvalue weighted by Crippen LogP contribution is -2.27. The number of hydrogen-bond donors (Lipinski definition) is 2. The Morgan fingerprint density at radius 3 is 0.900 bits per heavy atom. The zero-order chi connectivity index (χ0) is 29.7. The maximum atomic E-state index is 12.7. The minimum Gasteiger partial charge on any atom is -0.324 e. The van der Waals surface area contributed by atoms with Crippen LogP contribution in [0.25, 0.3) is 0 Å². The van der Waals surface area contributed by atoms with Gasteiger partial charge < -0.3 is 9.79 Å². The van der Waals surface area contributed by atoms with Crippen LogP contribution in [0.4, 0.5) is 0 Å². The second-order valence-electron chi connectivity index (χ2n) is 12.3. The number of carbonyl (C=O) groups is 2. The molecule has 0 heterocycles. The van der Waals surface area contributed by atoms with Crippen LogP contribution in [0.1, 0.15) is 194 Å². The summed E-state index contributed by atoms with van der Waals surface area (Å²) in [5.41, 5.74) is 0. The summed E-state index contributed by atoms with van der Waals surface area (Å²) in [7, 11) is -4.41. The first-order chi connectivity index (χ1) is 19.3. The molecule has 0 saturated carbocycles. The van der Waals surface area contributed by atoms with Gasteiger partial charge in [0, 0.05) is 12.8 Å². The van der Waals surface area contributed by atoms with Gasteiger partial charge >= 0.3 is 7.60 Å². The Bertz CT molecular complexity index is 588. The van der Waals surface area contributed by atoms with Crippen molar-refractivity contribution < 1.29 is 23.9 Å². The van der Waals surface area contributed by atoms with Crippen LogP contribution in [0.2, 0.25) is 0 Å². The Hall–Kier alpha value is -0.510. The molecule has 0 aromatic carbocycles. The van der Waals surface area contributed by atoms with E-state index in [9.17, 15) is 23.9 Å². The number of unbranched alkanes of at least 4 members (excludes halogenated alkanes) is 24. The maximum absolute atomic E-state index is 12.7. The van der Waals surface area contributed by atoms with Gasteiger partial charge in [-0.2, -0.15) is 0 Å². The predicted molar refractivity (Wildman–Crippen MR) is 171 cm³/mol. The average molecular weight is 587 g/mol. The Kier molecular flexibility index (Phi) is 28.2. The van der Waals surface area contributed by atoms with E-state index in [0.29, 0.717) is 12.8 Å². The molecule has 0 atom stereocenters. The van der Waals surface area contributed by atoms with Crippen LogP contribution in [0.5, 0.6) is 0 Å². The molecular weight excluding hydrogens is 519 g/mol. The summed E-state index contributed by atoms with van der Waals surface area (Å²) >= 11 is 0. The minimum absolute atomic E-state index is 0.257. The van der Waals surface area contributed by atoms with E-state index in [2.05, 4.69) is 13.8 Å². The Labute approximate surface area is 248 Å². The van der Waals surface area contributed by atoms with Crippen molar-refractivity contribution in [2.45, 2.75) is 194 Å². The first-order valence-corrected chi connectivity index (χ1v) is 19.2. The van der Waals surface area contributed by atoms with E-state index in [1.807, 2.05) is 0 Å². The molecule has 0 radical (unpaired) electrons. The molecule has 0 amide bonds. The van der Waals surface area contributed by atoms with Crippen LogP contribution in [-0.2, 0) is 14.2 Å². The minimum atomic E-state index is -4.41. The first-order valence-electron chi connectivity index (χ1n) is 17.4. The molecule has 0 aromatic rings. The second kappa shape index (κ2) is 28.6. The normalized spacial score (nSPS) is 11.9. The predicted octanol–water partition coefficient (Wildman–Crippen LogP) is 10.9. The van der Waals surface area contributed by atoms with Crippen molar-refractivity contribution in [2.75, 3.05) is 6.16 Å². The van der Waals surface area contributed by atoms with Crippen LogP contribution in [-0.4, -0.2) is 27.5 Å². The molecule has 2 N–H and O–H groups in total. The Balaban J connectivity index is 3.94. The fourth-order valence-electron chi connectivity index (χ4n) is 5.60. The van der Waals surface area contributed by atoms with Gasteiger partial charge in [0.15, 0.2) is 0 Å². The molecule has 0 fully saturated rings. The van der Waals surface area contributed by atoms with Crippen molar-refractivity contribution in [3.8, 4) is 0 Å². The molecule has 40 heavy (non-hydrogen) atoms. The van der Waals surface area contributed by atoms with Crippen molar-refractivity contribution in [2.24, 2.45) is 5.92 Å². The van der Waals surface area contributed by atoms with Gasteiger partial charge in [0.2, 0.25) is 0 Å². The number of rotatable bonds is 32. The summed E-state index contributed by atoms with van der Waals surface area (Å²) in [4.78, 5) is 44.4. The highest BCUT2D eigenvalue weighted by Crippen LogP contribution is 2.38. The molecular formula is C34H67O5P. The maximum Gasteiger partial charge on any atom is 0.326 e. The third-order valence-corrected chi connectivity index (χ3v) is 9.09. The quantitative estimate of drug-likeness (QED) is 0.0465. The van der Waals surface area contributed by atoms with Crippen LogP contribution >= 0.6 is 7.60 Å². The Morgan fingerprint density at radius 2 is 0.675 bits per heavy atom. The van der Waals surface area contributed by atoms with Crippen LogP contribution in [0.3, 0.4) is 0 Å². The smallest absolute Gasteiger partial charge is 0.324 e. The molecule has 5 nitrogen and oxygen atoms in total. The Morgan fingerprint density at radius 1 is 0.450 bits per heavy atom. The molecule has 0 aliphatic heterocycles. The van der Waals surface area contributed by atoms with Crippen LogP contribution in [0.15, 0.2) is 0 Å². The highest BCUT2D eigenvalue weighted by Gasteiger charge is 2.32. The lowest BCUT2D eigenvalue weighted by Gasteiger charge is -2.16. The molecule has 6 heteroatoms. The largest absolute Gasteiger partial charge is 0.326 e. The van der Waals surface area contributed by atoms with Gasteiger partial charge in [-0.05, 0) is 12.8 Å². The standard InChI is InChI=1S/C34H67O5P/c1-3-5-7-9-11-13-15-17-19-21-23-25-27-29-33(35)32(31-40(37,38)39)34(36)30-28-26-24-22-20-18-16-14-12-10-8-6-4-2/h32H,3-31H2,1-2H3,(H2,37,38,39). The number of hydrogen-bond acceptors (Lipinski definition) is 3. The van der Waals surface area contributed by atoms with Gasteiger partial charge in [-0.15, -0.1) is 0 Å². The van der Waals surface area contributed by atoms with E-state index in [4.69, 9.17) is 0 Å². The van der Waals surface area contributed by atoms with Crippen molar-refractivity contribution in [1.29, 1.82) is 0 Å². The highest BCUT2D eigenvalue weighted by atomic mass is 31.2. The van der Waals surface area contributed by atoms with Gasteiger partial charge in [0.1, 0.15) is 11.6 Å². The molecule has 0 unspecified atom stereocenters. The number of carbonyl (C=O) groups excluding carboxylic acids is 2. The fourth-order valence-corrected chi connectivity index (χ4v) is 6.49. The van der Waals surface area contributed by atoms with Gasteiger partial charge in [-0.1, -0.05) is 168 Å². The van der Waals surface area contributed by atoms with E-state index in [0.717, 1.165) is 25.7 Å². The molecule has 238 valence electrons. The molecule has 0 aromatic heterocycles. The topological polar surface area (TPSA) is 91.7 Å². The second-order valence-corrected chi connectivity index (χ2v) is 14.0. The molecule has 0 aliphatic rings. The monoisotopic (exact) mass is 586 g/mol. The van der Waals surface area contributed by atoms with E-state index < -0.39 is 19.7 Å². The SMILES string of the molecule is CCCCCCCCCCCCCCCC(=O)C(CP(=O)(O)O)C(=O)CCCCCCCCCCCCCCC. The molecule has 0 rings (SSSR count). The molecule has 0 spiro atoms. The van der Waals surface area contributed by atoms with E-state index >= 15 is 0 Å². The first kappa shape index (κ1) is 39.5. The lowest BCUT2D eigenvalue weighted by atomic mass is 9.93. The summed E-state index contributed by atoms with van der Waals surface area (Å²) in [5.74, 6) is -1.67. The zero-order valence-electron chi connectivity index (χ0n) is 26.6.